The first-order chi connectivity index (χ1) is 14.5. The van der Waals surface area contributed by atoms with Crippen molar-refractivity contribution in [2.75, 3.05) is 13.4 Å². The molecule has 3 aromatic rings. The van der Waals surface area contributed by atoms with Gasteiger partial charge in [0.2, 0.25) is 0 Å². The number of methoxy groups -OCH3 is 1. The van der Waals surface area contributed by atoms with Gasteiger partial charge in [-0.05, 0) is 43.0 Å². The number of esters is 1. The van der Waals surface area contributed by atoms with Crippen molar-refractivity contribution in [1.82, 2.24) is 14.8 Å². The van der Waals surface area contributed by atoms with E-state index in [1.54, 1.807) is 30.3 Å². The molecule has 0 amide bonds. The summed E-state index contributed by atoms with van der Waals surface area (Å²) < 4.78 is 21.5. The molecule has 0 N–H and O–H groups in total. The van der Waals surface area contributed by atoms with E-state index in [2.05, 4.69) is 10.2 Å². The summed E-state index contributed by atoms with van der Waals surface area (Å²) in [5.41, 5.74) is 2.24. The molecule has 0 saturated heterocycles. The molecule has 0 spiro atoms. The average molecular weight is 445 g/mol. The van der Waals surface area contributed by atoms with Gasteiger partial charge in [0.05, 0.1) is 18.5 Å². The Kier molecular flexibility index (Phi) is 5.87. The number of carbonyl (C=O) groups is 1. The molecule has 2 heterocycles. The highest BCUT2D eigenvalue weighted by Gasteiger charge is 2.30. The van der Waals surface area contributed by atoms with Crippen LogP contribution >= 0.6 is 23.4 Å². The normalized spacial score (nSPS) is 15.1. The summed E-state index contributed by atoms with van der Waals surface area (Å²) in [6.07, 6.45) is 2.40. The van der Waals surface area contributed by atoms with E-state index >= 15 is 0 Å². The Bertz CT molecular complexity index is 1150. The lowest BCUT2D eigenvalue weighted by atomic mass is 10.00. The molecule has 30 heavy (non-hydrogen) atoms. The second-order valence-corrected chi connectivity index (χ2v) is 7.84. The summed E-state index contributed by atoms with van der Waals surface area (Å²) in [5, 5.41) is 9.80. The van der Waals surface area contributed by atoms with Crippen LogP contribution in [0.2, 0.25) is 5.02 Å². The Morgan fingerprint density at radius 3 is 2.77 bits per heavy atom. The Labute approximate surface area is 182 Å². The Balaban J connectivity index is 1.97. The third-order valence-electron chi connectivity index (χ3n) is 4.86. The number of hydrogen-bond donors (Lipinski definition) is 0. The third kappa shape index (κ3) is 3.73. The number of benzene rings is 2. The lowest BCUT2D eigenvalue weighted by molar-refractivity contribution is -0.140. The van der Waals surface area contributed by atoms with Crippen molar-refractivity contribution < 1.29 is 13.9 Å². The van der Waals surface area contributed by atoms with Crippen LogP contribution in [0.3, 0.4) is 0 Å². The van der Waals surface area contributed by atoms with Gasteiger partial charge in [-0.2, -0.15) is 0 Å². The highest BCUT2D eigenvalue weighted by atomic mass is 35.5. The summed E-state index contributed by atoms with van der Waals surface area (Å²) in [5.74, 6) is -0.159. The highest BCUT2D eigenvalue weighted by Crippen LogP contribution is 2.36. The quantitative estimate of drug-likeness (QED) is 0.424. The van der Waals surface area contributed by atoms with E-state index in [1.807, 2.05) is 16.9 Å². The second kappa shape index (κ2) is 8.57. The van der Waals surface area contributed by atoms with Gasteiger partial charge in [0.15, 0.2) is 11.0 Å². The third-order valence-corrected chi connectivity index (χ3v) is 5.72. The fourth-order valence-corrected chi connectivity index (χ4v) is 4.12. The summed E-state index contributed by atoms with van der Waals surface area (Å²) in [6.45, 7) is 0. The lowest BCUT2D eigenvalue weighted by Gasteiger charge is -2.13. The van der Waals surface area contributed by atoms with Crippen LogP contribution in [-0.4, -0.2) is 39.8 Å². The predicted molar refractivity (Wildman–Crippen MR) is 114 cm³/mol. The molecule has 154 valence electrons. The van der Waals surface area contributed by atoms with Crippen LogP contribution in [0.4, 0.5) is 4.39 Å². The van der Waals surface area contributed by atoms with Crippen molar-refractivity contribution in [3.05, 3.63) is 70.3 Å². The van der Waals surface area contributed by atoms with E-state index in [4.69, 9.17) is 21.3 Å². The molecule has 1 aliphatic heterocycles. The van der Waals surface area contributed by atoms with Crippen molar-refractivity contribution >= 4 is 35.0 Å². The van der Waals surface area contributed by atoms with Crippen molar-refractivity contribution in [3.8, 4) is 5.69 Å². The van der Waals surface area contributed by atoms with Crippen LogP contribution < -0.4 is 0 Å². The second-order valence-electron chi connectivity index (χ2n) is 6.63. The molecule has 0 aliphatic carbocycles. The van der Waals surface area contributed by atoms with Gasteiger partial charge in [-0.25, -0.2) is 4.39 Å². The average Bonchev–Trinajstić information content (AvgIpc) is 3.13. The summed E-state index contributed by atoms with van der Waals surface area (Å²) in [7, 11) is 1.34. The number of halogens is 2. The summed E-state index contributed by atoms with van der Waals surface area (Å²) >= 11 is 7.74. The van der Waals surface area contributed by atoms with E-state index < -0.39 is 11.9 Å². The lowest BCUT2D eigenvalue weighted by Crippen LogP contribution is -2.10. The number of aromatic nitrogens is 3. The molecule has 1 aromatic heterocycles. The van der Waals surface area contributed by atoms with E-state index in [-0.39, 0.29) is 12.4 Å². The predicted octanol–water partition coefficient (Wildman–Crippen LogP) is 4.63. The fourth-order valence-electron chi connectivity index (χ4n) is 3.45. The first-order valence-corrected chi connectivity index (χ1v) is 10.8. The smallest absolute Gasteiger partial charge is 0.305 e. The van der Waals surface area contributed by atoms with E-state index in [1.165, 1.54) is 24.9 Å². The number of rotatable bonds is 5. The molecule has 1 atom stereocenters. The van der Waals surface area contributed by atoms with Gasteiger partial charge in [-0.15, -0.1) is 10.2 Å². The largest absolute Gasteiger partial charge is 0.469 e. The molecule has 0 radical (unpaired) electrons. The molecular weight excluding hydrogens is 427 g/mol. The minimum absolute atomic E-state index is 0.147. The minimum Gasteiger partial charge on any atom is -0.469 e. The van der Waals surface area contributed by atoms with Crippen molar-refractivity contribution in [2.24, 2.45) is 4.99 Å². The van der Waals surface area contributed by atoms with Crippen LogP contribution in [-0.2, 0) is 9.53 Å². The number of hydrogen-bond acceptors (Lipinski definition) is 6. The monoisotopic (exact) mass is 444 g/mol. The first kappa shape index (κ1) is 20.6. The topological polar surface area (TPSA) is 69.4 Å². The van der Waals surface area contributed by atoms with Crippen molar-refractivity contribution in [2.45, 2.75) is 24.0 Å². The van der Waals surface area contributed by atoms with Gasteiger partial charge >= 0.3 is 5.97 Å². The SMILES string of the molecule is COC(=O)CC[C@@H]1N=C(c2ccccc2F)c2cc(Cl)ccc2-n2c(SC)nnc21. The fraction of sp³-hybridized carbons (Fsp3) is 0.238. The number of thioether (sulfide) groups is 1. The molecule has 1 aliphatic rings. The first-order valence-electron chi connectivity index (χ1n) is 9.22. The van der Waals surface area contributed by atoms with Gasteiger partial charge < -0.3 is 4.74 Å². The van der Waals surface area contributed by atoms with Crippen LogP contribution in [0.25, 0.3) is 5.69 Å². The van der Waals surface area contributed by atoms with Gasteiger partial charge in [-0.1, -0.05) is 35.5 Å². The van der Waals surface area contributed by atoms with Crippen LogP contribution in [0.1, 0.15) is 35.8 Å². The standard InChI is InChI=1S/C21H18ClFN4O2S/c1-29-18(28)10-8-16-20-25-26-21(30-2)27(20)17-9-7-12(22)11-14(17)19(24-16)13-5-3-4-6-15(13)23/h3-7,9,11,16H,8,10H2,1-2H3/t16-/m0/s1. The van der Waals surface area contributed by atoms with E-state index in [9.17, 15) is 9.18 Å². The number of fused-ring (bicyclic) bond motifs is 3. The van der Waals surface area contributed by atoms with E-state index in [0.29, 0.717) is 39.3 Å². The van der Waals surface area contributed by atoms with Crippen molar-refractivity contribution in [3.63, 3.8) is 0 Å². The minimum atomic E-state index is -0.515. The number of ether oxygens (including phenoxy) is 1. The molecule has 0 saturated carbocycles. The molecule has 6 nitrogen and oxygen atoms in total. The van der Waals surface area contributed by atoms with Gasteiger partial charge in [0, 0.05) is 22.6 Å². The molecule has 0 bridgehead atoms. The molecule has 2 aromatic carbocycles. The van der Waals surface area contributed by atoms with Crippen LogP contribution in [0, 0.1) is 5.82 Å². The maximum atomic E-state index is 14.8. The number of nitrogens with zero attached hydrogens (tertiary/aromatic N) is 4. The molecule has 0 unspecified atom stereocenters. The molecule has 4 rings (SSSR count). The van der Waals surface area contributed by atoms with Crippen molar-refractivity contribution in [1.29, 1.82) is 0 Å². The van der Waals surface area contributed by atoms with E-state index in [0.717, 1.165) is 5.69 Å². The highest BCUT2D eigenvalue weighted by molar-refractivity contribution is 7.98. The number of carbonyl (C=O) groups excluding carboxylic acids is 1. The Morgan fingerprint density at radius 1 is 1.23 bits per heavy atom. The van der Waals surface area contributed by atoms with Crippen LogP contribution in [0.5, 0.6) is 0 Å². The van der Waals surface area contributed by atoms with Gasteiger partial charge in [0.1, 0.15) is 11.9 Å². The maximum absolute atomic E-state index is 14.8. The Morgan fingerprint density at radius 2 is 2.03 bits per heavy atom. The zero-order chi connectivity index (χ0) is 21.3. The van der Waals surface area contributed by atoms with Gasteiger partial charge in [0.25, 0.3) is 0 Å². The Hall–Kier alpha value is -2.71. The molecule has 9 heteroatoms. The molecular formula is C21H18ClFN4O2S. The zero-order valence-corrected chi connectivity index (χ0v) is 17.9. The maximum Gasteiger partial charge on any atom is 0.305 e. The summed E-state index contributed by atoms with van der Waals surface area (Å²) in [6, 6.07) is 11.3. The molecule has 0 fully saturated rings. The summed E-state index contributed by atoms with van der Waals surface area (Å²) in [4.78, 5) is 16.6. The van der Waals surface area contributed by atoms with Gasteiger partial charge in [-0.3, -0.25) is 14.4 Å². The van der Waals surface area contributed by atoms with Crippen LogP contribution in [0.15, 0.2) is 52.6 Å². The zero-order valence-electron chi connectivity index (χ0n) is 16.3. The number of aliphatic imine (C=N–C) groups is 1.